The number of nitrogens with zero attached hydrogens (tertiary/aromatic N) is 4. The molecule has 1 aromatic carbocycles. The molecule has 0 saturated heterocycles. The van der Waals surface area contributed by atoms with Crippen molar-refractivity contribution in [3.8, 4) is 11.3 Å². The van der Waals surface area contributed by atoms with Crippen LogP contribution in [0.3, 0.4) is 0 Å². The van der Waals surface area contributed by atoms with Crippen molar-refractivity contribution in [2.75, 3.05) is 11.9 Å². The van der Waals surface area contributed by atoms with Gasteiger partial charge in [-0.3, -0.25) is 14.5 Å². The Morgan fingerprint density at radius 2 is 2.00 bits per heavy atom. The maximum atomic E-state index is 13.5. The molecule has 0 radical (unpaired) electrons. The van der Waals surface area contributed by atoms with Gasteiger partial charge in [0, 0.05) is 44.3 Å². The molecule has 33 heavy (non-hydrogen) atoms. The first kappa shape index (κ1) is 22.4. The number of aromatic nitrogens is 4. The minimum Gasteiger partial charge on any atom is -0.369 e. The summed E-state index contributed by atoms with van der Waals surface area (Å²) in [6, 6.07) is 11.7. The molecule has 4 aromatic rings. The van der Waals surface area contributed by atoms with Crippen LogP contribution in [-0.2, 0) is 20.0 Å². The smallest absolute Gasteiger partial charge is 0.255 e. The Hall–Kier alpha value is -3.78. The topological polar surface area (TPSA) is 84.7 Å². The average molecular weight is 465 g/mol. The molecule has 4 rings (SSSR count). The Labute approximate surface area is 195 Å². The normalized spacial score (nSPS) is 10.8. The molecule has 0 saturated carbocycles. The summed E-state index contributed by atoms with van der Waals surface area (Å²) in [6.45, 7) is 0.769. The number of benzene rings is 1. The number of nitrogens with one attached hydrogen (secondary N) is 2. The van der Waals surface area contributed by atoms with Gasteiger partial charge in [-0.05, 0) is 41.8 Å². The van der Waals surface area contributed by atoms with Gasteiger partial charge in [-0.15, -0.1) is 0 Å². The van der Waals surface area contributed by atoms with Crippen molar-refractivity contribution in [1.29, 1.82) is 0 Å². The van der Waals surface area contributed by atoms with Gasteiger partial charge in [0.2, 0.25) is 0 Å². The number of aryl methyl sites for hydroxylation is 1. The van der Waals surface area contributed by atoms with Crippen molar-refractivity contribution in [2.45, 2.75) is 13.0 Å². The van der Waals surface area contributed by atoms with Crippen LogP contribution < -0.4 is 10.6 Å². The molecule has 0 atom stereocenters. The van der Waals surface area contributed by atoms with Gasteiger partial charge in [0.15, 0.2) is 0 Å². The Morgan fingerprint density at radius 1 is 1.15 bits per heavy atom. The molecule has 3 aromatic heterocycles. The molecule has 0 bridgehead atoms. The lowest BCUT2D eigenvalue weighted by Gasteiger charge is -2.14. The van der Waals surface area contributed by atoms with E-state index in [1.165, 1.54) is 12.1 Å². The van der Waals surface area contributed by atoms with E-state index in [-0.39, 0.29) is 11.7 Å². The van der Waals surface area contributed by atoms with Crippen LogP contribution in [0.4, 0.5) is 10.2 Å². The largest absolute Gasteiger partial charge is 0.369 e. The van der Waals surface area contributed by atoms with Gasteiger partial charge in [0.05, 0.1) is 22.5 Å². The number of carbonyl (C=O) groups excluding carboxylic acids is 1. The van der Waals surface area contributed by atoms with Crippen LogP contribution in [0.15, 0.2) is 67.3 Å². The fourth-order valence-electron chi connectivity index (χ4n) is 3.34. The summed E-state index contributed by atoms with van der Waals surface area (Å²) in [5.74, 6) is -0.218. The van der Waals surface area contributed by atoms with E-state index >= 15 is 0 Å². The van der Waals surface area contributed by atoms with Crippen LogP contribution in [0.25, 0.3) is 11.3 Å². The molecule has 0 spiro atoms. The molecule has 2 N–H and O–H groups in total. The number of hydrogen-bond donors (Lipinski definition) is 2. The fourth-order valence-corrected chi connectivity index (χ4v) is 3.60. The second-order valence-electron chi connectivity index (χ2n) is 7.47. The van der Waals surface area contributed by atoms with Gasteiger partial charge in [-0.2, -0.15) is 5.10 Å². The molecule has 0 aliphatic heterocycles. The summed E-state index contributed by atoms with van der Waals surface area (Å²) >= 11 is 6.49. The third-order valence-electron chi connectivity index (χ3n) is 4.97. The Balaban J connectivity index is 1.57. The number of pyridine rings is 2. The quantitative estimate of drug-likeness (QED) is 0.407. The van der Waals surface area contributed by atoms with Crippen molar-refractivity contribution >= 4 is 23.3 Å². The van der Waals surface area contributed by atoms with Gasteiger partial charge in [0.1, 0.15) is 11.6 Å². The molecular formula is C24H22ClFN6O. The fraction of sp³-hybridized carbons (Fsp3) is 0.167. The molecule has 0 aliphatic rings. The summed E-state index contributed by atoms with van der Waals surface area (Å²) in [7, 11) is 1.80. The lowest BCUT2D eigenvalue weighted by molar-refractivity contribution is 0.0951. The van der Waals surface area contributed by atoms with E-state index < -0.39 is 0 Å². The van der Waals surface area contributed by atoms with Crippen molar-refractivity contribution in [2.24, 2.45) is 7.05 Å². The van der Waals surface area contributed by atoms with E-state index in [0.29, 0.717) is 41.6 Å². The molecule has 0 fully saturated rings. The van der Waals surface area contributed by atoms with E-state index in [9.17, 15) is 9.18 Å². The number of amides is 1. The lowest BCUT2D eigenvalue weighted by atomic mass is 10.1. The van der Waals surface area contributed by atoms with Crippen LogP contribution >= 0.6 is 11.6 Å². The van der Waals surface area contributed by atoms with E-state index in [0.717, 1.165) is 16.7 Å². The summed E-state index contributed by atoms with van der Waals surface area (Å²) in [5.41, 5.74) is 3.28. The van der Waals surface area contributed by atoms with E-state index in [4.69, 9.17) is 11.6 Å². The van der Waals surface area contributed by atoms with Crippen LogP contribution in [0.1, 0.15) is 21.5 Å². The van der Waals surface area contributed by atoms with Crippen molar-refractivity contribution < 1.29 is 9.18 Å². The van der Waals surface area contributed by atoms with Gasteiger partial charge in [0.25, 0.3) is 5.91 Å². The molecule has 1 amide bonds. The highest BCUT2D eigenvalue weighted by molar-refractivity contribution is 6.33. The highest BCUT2D eigenvalue weighted by Crippen LogP contribution is 2.30. The summed E-state index contributed by atoms with van der Waals surface area (Å²) in [6.07, 6.45) is 7.38. The first-order valence-electron chi connectivity index (χ1n) is 10.3. The molecule has 7 nitrogen and oxygen atoms in total. The standard InChI is InChI=1S/C24H22ClFN6O/c1-32-15-18(14-30-32)22-21(25)11-20(24(33)29-13-17-5-3-8-27-12-17)23(31-22)28-9-7-16-4-2-6-19(26)10-16/h2-6,8,10-12,14-15H,7,9,13H2,1H3,(H,28,31)(H,29,33). The van der Waals surface area contributed by atoms with Crippen molar-refractivity contribution in [1.82, 2.24) is 25.1 Å². The van der Waals surface area contributed by atoms with E-state index in [1.807, 2.05) is 18.2 Å². The summed E-state index contributed by atoms with van der Waals surface area (Å²) in [4.78, 5) is 21.7. The molecule has 0 aliphatic carbocycles. The second-order valence-corrected chi connectivity index (χ2v) is 7.88. The van der Waals surface area contributed by atoms with Crippen LogP contribution in [0, 0.1) is 5.82 Å². The Kier molecular flexibility index (Phi) is 6.95. The number of carbonyl (C=O) groups is 1. The number of rotatable bonds is 8. The monoisotopic (exact) mass is 464 g/mol. The number of anilines is 1. The molecule has 0 unspecified atom stereocenters. The zero-order valence-electron chi connectivity index (χ0n) is 17.9. The Bertz CT molecular complexity index is 1260. The zero-order valence-corrected chi connectivity index (χ0v) is 18.7. The highest BCUT2D eigenvalue weighted by atomic mass is 35.5. The first-order chi connectivity index (χ1) is 16.0. The van der Waals surface area contributed by atoms with Crippen LogP contribution in [0.5, 0.6) is 0 Å². The second kappa shape index (κ2) is 10.2. The third-order valence-corrected chi connectivity index (χ3v) is 5.26. The predicted molar refractivity (Wildman–Crippen MR) is 125 cm³/mol. The highest BCUT2D eigenvalue weighted by Gasteiger charge is 2.18. The van der Waals surface area contributed by atoms with Gasteiger partial charge >= 0.3 is 0 Å². The van der Waals surface area contributed by atoms with Crippen molar-refractivity contribution in [3.63, 3.8) is 0 Å². The lowest BCUT2D eigenvalue weighted by Crippen LogP contribution is -2.25. The minimum absolute atomic E-state index is 0.286. The van der Waals surface area contributed by atoms with Crippen LogP contribution in [0.2, 0.25) is 5.02 Å². The van der Waals surface area contributed by atoms with Crippen molar-refractivity contribution in [3.05, 3.63) is 94.8 Å². The zero-order chi connectivity index (χ0) is 23.2. The van der Waals surface area contributed by atoms with Gasteiger partial charge in [-0.25, -0.2) is 9.37 Å². The SMILES string of the molecule is Cn1cc(-c2nc(NCCc3cccc(F)c3)c(C(=O)NCc3cccnc3)cc2Cl)cn1. The predicted octanol–water partition coefficient (Wildman–Crippen LogP) is 4.25. The maximum Gasteiger partial charge on any atom is 0.255 e. The Morgan fingerprint density at radius 3 is 2.73 bits per heavy atom. The molecular weight excluding hydrogens is 443 g/mol. The number of halogens is 2. The molecule has 3 heterocycles. The summed E-state index contributed by atoms with van der Waals surface area (Å²) in [5, 5.41) is 10.6. The van der Waals surface area contributed by atoms with E-state index in [2.05, 4.69) is 25.7 Å². The third kappa shape index (κ3) is 5.72. The summed E-state index contributed by atoms with van der Waals surface area (Å²) < 4.78 is 15.1. The maximum absolute atomic E-state index is 13.5. The van der Waals surface area contributed by atoms with Gasteiger partial charge < -0.3 is 10.6 Å². The molecule has 168 valence electrons. The van der Waals surface area contributed by atoms with Gasteiger partial charge in [-0.1, -0.05) is 29.8 Å². The molecule has 9 heteroatoms. The first-order valence-corrected chi connectivity index (χ1v) is 10.7. The average Bonchev–Trinajstić information content (AvgIpc) is 3.25. The minimum atomic E-state index is -0.320. The number of hydrogen-bond acceptors (Lipinski definition) is 5. The van der Waals surface area contributed by atoms with E-state index in [1.54, 1.807) is 48.6 Å². The van der Waals surface area contributed by atoms with Crippen LogP contribution in [-0.4, -0.2) is 32.2 Å².